The van der Waals surface area contributed by atoms with Crippen LogP contribution in [0.2, 0.25) is 0 Å². The van der Waals surface area contributed by atoms with Gasteiger partial charge in [0.1, 0.15) is 0 Å². The average molecular weight is 240 g/mol. The molecule has 1 fully saturated rings. The van der Waals surface area contributed by atoms with E-state index in [1.165, 1.54) is 38.2 Å². The van der Waals surface area contributed by atoms with Gasteiger partial charge >= 0.3 is 0 Å². The second-order valence-electron chi connectivity index (χ2n) is 4.40. The third-order valence-corrected chi connectivity index (χ3v) is 3.83. The SMILES string of the molecule is CSCCN1CCC(Cn2ccnn2)CC1. The first-order valence-corrected chi connectivity index (χ1v) is 7.33. The van der Waals surface area contributed by atoms with E-state index in [2.05, 4.69) is 21.5 Å². The Balaban J connectivity index is 1.69. The van der Waals surface area contributed by atoms with E-state index in [1.54, 1.807) is 6.20 Å². The van der Waals surface area contributed by atoms with Crippen LogP contribution in [0.1, 0.15) is 12.8 Å². The molecule has 1 aliphatic heterocycles. The topological polar surface area (TPSA) is 34.0 Å². The second kappa shape index (κ2) is 6.25. The summed E-state index contributed by atoms with van der Waals surface area (Å²) in [6.07, 6.45) is 8.49. The smallest absolute Gasteiger partial charge is 0.0692 e. The molecule has 5 heteroatoms. The maximum absolute atomic E-state index is 4.03. The summed E-state index contributed by atoms with van der Waals surface area (Å²) in [4.78, 5) is 2.58. The summed E-state index contributed by atoms with van der Waals surface area (Å²) in [7, 11) is 0. The molecule has 0 unspecified atom stereocenters. The lowest BCUT2D eigenvalue weighted by molar-refractivity contribution is 0.179. The lowest BCUT2D eigenvalue weighted by atomic mass is 9.97. The molecule has 1 aromatic heterocycles. The van der Waals surface area contributed by atoms with Gasteiger partial charge in [-0.25, -0.2) is 0 Å². The Morgan fingerprint density at radius 3 is 2.81 bits per heavy atom. The third kappa shape index (κ3) is 3.49. The van der Waals surface area contributed by atoms with Gasteiger partial charge in [-0.1, -0.05) is 5.21 Å². The van der Waals surface area contributed by atoms with Crippen LogP contribution in [0.4, 0.5) is 0 Å². The van der Waals surface area contributed by atoms with E-state index in [0.29, 0.717) is 0 Å². The van der Waals surface area contributed by atoms with Crippen molar-refractivity contribution < 1.29 is 0 Å². The van der Waals surface area contributed by atoms with Gasteiger partial charge in [-0.3, -0.25) is 4.68 Å². The molecule has 0 spiro atoms. The van der Waals surface area contributed by atoms with Crippen molar-refractivity contribution in [2.75, 3.05) is 31.6 Å². The molecule has 4 nitrogen and oxygen atoms in total. The van der Waals surface area contributed by atoms with Crippen molar-refractivity contribution in [2.24, 2.45) is 5.92 Å². The Morgan fingerprint density at radius 2 is 2.19 bits per heavy atom. The summed E-state index contributed by atoms with van der Waals surface area (Å²) in [5.74, 6) is 2.04. The summed E-state index contributed by atoms with van der Waals surface area (Å²) < 4.78 is 1.96. The van der Waals surface area contributed by atoms with Crippen LogP contribution >= 0.6 is 11.8 Å². The molecule has 0 radical (unpaired) electrons. The van der Waals surface area contributed by atoms with Crippen molar-refractivity contribution in [1.29, 1.82) is 0 Å². The lowest BCUT2D eigenvalue weighted by Gasteiger charge is -2.31. The van der Waals surface area contributed by atoms with Crippen molar-refractivity contribution in [3.63, 3.8) is 0 Å². The minimum Gasteiger partial charge on any atom is -0.302 e. The molecule has 2 heterocycles. The first kappa shape index (κ1) is 11.9. The number of hydrogen-bond donors (Lipinski definition) is 0. The normalized spacial score (nSPS) is 19.1. The van der Waals surface area contributed by atoms with Crippen molar-refractivity contribution >= 4 is 11.8 Å². The molecular weight excluding hydrogens is 220 g/mol. The number of thioether (sulfide) groups is 1. The maximum atomic E-state index is 4.03. The van der Waals surface area contributed by atoms with Crippen LogP contribution in [0, 0.1) is 5.92 Å². The highest BCUT2D eigenvalue weighted by molar-refractivity contribution is 7.98. The Bertz CT molecular complexity index is 280. The van der Waals surface area contributed by atoms with Crippen molar-refractivity contribution in [3.8, 4) is 0 Å². The van der Waals surface area contributed by atoms with Crippen LogP contribution in [0.5, 0.6) is 0 Å². The molecule has 16 heavy (non-hydrogen) atoms. The van der Waals surface area contributed by atoms with Gasteiger partial charge in [-0.15, -0.1) is 5.10 Å². The van der Waals surface area contributed by atoms with Gasteiger partial charge in [0.2, 0.25) is 0 Å². The summed E-state index contributed by atoms with van der Waals surface area (Å²) in [5.41, 5.74) is 0. The van der Waals surface area contributed by atoms with Crippen LogP contribution in [0.3, 0.4) is 0 Å². The van der Waals surface area contributed by atoms with E-state index in [-0.39, 0.29) is 0 Å². The second-order valence-corrected chi connectivity index (χ2v) is 5.39. The van der Waals surface area contributed by atoms with E-state index in [9.17, 15) is 0 Å². The molecule has 2 rings (SSSR count). The predicted molar refractivity (Wildman–Crippen MR) is 67.6 cm³/mol. The molecule has 90 valence electrons. The Kier molecular flexibility index (Phi) is 4.66. The highest BCUT2D eigenvalue weighted by Gasteiger charge is 2.19. The van der Waals surface area contributed by atoms with Gasteiger partial charge < -0.3 is 4.90 Å². The number of rotatable bonds is 5. The number of nitrogens with zero attached hydrogens (tertiary/aromatic N) is 4. The standard InChI is InChI=1S/C11H20N4S/c1-16-9-8-14-5-2-11(3-6-14)10-15-7-4-12-13-15/h4,7,11H,2-3,5-6,8-10H2,1H3. The number of likely N-dealkylation sites (tertiary alicyclic amines) is 1. The first-order valence-electron chi connectivity index (χ1n) is 5.94. The summed E-state index contributed by atoms with van der Waals surface area (Å²) >= 11 is 1.94. The number of aromatic nitrogens is 3. The van der Waals surface area contributed by atoms with E-state index in [0.717, 1.165) is 12.5 Å². The van der Waals surface area contributed by atoms with E-state index in [4.69, 9.17) is 0 Å². The third-order valence-electron chi connectivity index (χ3n) is 3.24. The molecule has 0 bridgehead atoms. The van der Waals surface area contributed by atoms with E-state index in [1.807, 2.05) is 22.6 Å². The van der Waals surface area contributed by atoms with Gasteiger partial charge in [-0.05, 0) is 38.1 Å². The highest BCUT2D eigenvalue weighted by atomic mass is 32.2. The average Bonchev–Trinajstić information content (AvgIpc) is 2.81. The molecule has 1 aromatic rings. The largest absolute Gasteiger partial charge is 0.302 e. The molecular formula is C11H20N4S. The Morgan fingerprint density at radius 1 is 1.38 bits per heavy atom. The summed E-state index contributed by atoms with van der Waals surface area (Å²) in [6, 6.07) is 0. The van der Waals surface area contributed by atoms with Crippen molar-refractivity contribution in [1.82, 2.24) is 19.9 Å². The van der Waals surface area contributed by atoms with Crippen LogP contribution in [-0.2, 0) is 6.54 Å². The Hall–Kier alpha value is -0.550. The zero-order valence-electron chi connectivity index (χ0n) is 9.88. The number of hydrogen-bond acceptors (Lipinski definition) is 4. The molecule has 1 saturated heterocycles. The monoisotopic (exact) mass is 240 g/mol. The summed E-state index contributed by atoms with van der Waals surface area (Å²) in [6.45, 7) is 4.79. The Labute approximate surface area is 101 Å². The van der Waals surface area contributed by atoms with Gasteiger partial charge in [0, 0.05) is 25.0 Å². The quantitative estimate of drug-likeness (QED) is 0.778. The lowest BCUT2D eigenvalue weighted by Crippen LogP contribution is -2.36. The van der Waals surface area contributed by atoms with Crippen LogP contribution < -0.4 is 0 Å². The van der Waals surface area contributed by atoms with Crippen LogP contribution in [-0.4, -0.2) is 51.5 Å². The number of piperidine rings is 1. The molecule has 0 N–H and O–H groups in total. The zero-order valence-corrected chi connectivity index (χ0v) is 10.7. The van der Waals surface area contributed by atoms with E-state index >= 15 is 0 Å². The first-order chi connectivity index (χ1) is 7.88. The molecule has 0 aromatic carbocycles. The van der Waals surface area contributed by atoms with Crippen molar-refractivity contribution in [2.45, 2.75) is 19.4 Å². The highest BCUT2D eigenvalue weighted by Crippen LogP contribution is 2.18. The van der Waals surface area contributed by atoms with Crippen LogP contribution in [0.25, 0.3) is 0 Å². The minimum atomic E-state index is 0.784. The van der Waals surface area contributed by atoms with Gasteiger partial charge in [0.15, 0.2) is 0 Å². The van der Waals surface area contributed by atoms with E-state index < -0.39 is 0 Å². The summed E-state index contributed by atoms with van der Waals surface area (Å²) in [5, 5.41) is 7.87. The predicted octanol–water partition coefficient (Wildman–Crippen LogP) is 1.35. The fourth-order valence-electron chi connectivity index (χ4n) is 2.21. The molecule has 0 saturated carbocycles. The fourth-order valence-corrected chi connectivity index (χ4v) is 2.65. The molecule has 0 atom stereocenters. The van der Waals surface area contributed by atoms with Gasteiger partial charge in [0.05, 0.1) is 6.20 Å². The van der Waals surface area contributed by atoms with Crippen molar-refractivity contribution in [3.05, 3.63) is 12.4 Å². The molecule has 0 amide bonds. The molecule has 1 aliphatic rings. The van der Waals surface area contributed by atoms with Gasteiger partial charge in [0.25, 0.3) is 0 Å². The maximum Gasteiger partial charge on any atom is 0.0692 e. The fraction of sp³-hybridized carbons (Fsp3) is 0.818. The zero-order chi connectivity index (χ0) is 11.2. The van der Waals surface area contributed by atoms with Gasteiger partial charge in [-0.2, -0.15) is 11.8 Å². The van der Waals surface area contributed by atoms with Crippen LogP contribution in [0.15, 0.2) is 12.4 Å². The molecule has 0 aliphatic carbocycles. The minimum absolute atomic E-state index is 0.784.